The van der Waals surface area contributed by atoms with Crippen molar-refractivity contribution in [1.29, 1.82) is 0 Å². The molecule has 0 amide bonds. The second-order valence-electron chi connectivity index (χ2n) is 4.00. The fraction of sp³-hybridized carbons (Fsp3) is 1.00. The molecule has 3 heteroatoms. The highest BCUT2D eigenvalue weighted by molar-refractivity contribution is 4.75. The monoisotopic (exact) mass is 186 g/mol. The van der Waals surface area contributed by atoms with Crippen molar-refractivity contribution >= 4 is 0 Å². The normalized spacial score (nSPS) is 17.8. The standard InChI is InChI=1S/C10H22N2O/c1-12(2)7-9-13-8-6-11-10-4-3-5-10/h10-11H,3-9H2,1-2H3. The summed E-state index contributed by atoms with van der Waals surface area (Å²) < 4.78 is 5.46. The van der Waals surface area contributed by atoms with Gasteiger partial charge in [-0.25, -0.2) is 0 Å². The molecule has 1 fully saturated rings. The summed E-state index contributed by atoms with van der Waals surface area (Å²) in [4.78, 5) is 2.14. The lowest BCUT2D eigenvalue weighted by molar-refractivity contribution is 0.115. The highest BCUT2D eigenvalue weighted by atomic mass is 16.5. The number of likely N-dealkylation sites (N-methyl/N-ethyl adjacent to an activating group) is 1. The van der Waals surface area contributed by atoms with E-state index in [1.165, 1.54) is 19.3 Å². The van der Waals surface area contributed by atoms with Gasteiger partial charge in [0.05, 0.1) is 13.2 Å². The van der Waals surface area contributed by atoms with Crippen molar-refractivity contribution in [2.75, 3.05) is 40.4 Å². The van der Waals surface area contributed by atoms with Crippen molar-refractivity contribution in [2.45, 2.75) is 25.3 Å². The van der Waals surface area contributed by atoms with Crippen molar-refractivity contribution in [3.05, 3.63) is 0 Å². The summed E-state index contributed by atoms with van der Waals surface area (Å²) in [5, 5.41) is 3.47. The van der Waals surface area contributed by atoms with Gasteiger partial charge in [-0.05, 0) is 26.9 Å². The van der Waals surface area contributed by atoms with Crippen LogP contribution in [-0.4, -0.2) is 51.3 Å². The summed E-state index contributed by atoms with van der Waals surface area (Å²) in [7, 11) is 4.13. The van der Waals surface area contributed by atoms with Crippen LogP contribution in [0.1, 0.15) is 19.3 Å². The number of rotatable bonds is 7. The molecular weight excluding hydrogens is 164 g/mol. The van der Waals surface area contributed by atoms with Crippen molar-refractivity contribution < 1.29 is 4.74 Å². The average molecular weight is 186 g/mol. The van der Waals surface area contributed by atoms with Crippen LogP contribution < -0.4 is 5.32 Å². The molecular formula is C10H22N2O. The topological polar surface area (TPSA) is 24.5 Å². The SMILES string of the molecule is CN(C)CCOCCNC1CCC1. The van der Waals surface area contributed by atoms with Gasteiger partial charge in [-0.1, -0.05) is 6.42 Å². The first-order valence-corrected chi connectivity index (χ1v) is 5.25. The summed E-state index contributed by atoms with van der Waals surface area (Å²) >= 11 is 0. The summed E-state index contributed by atoms with van der Waals surface area (Å²) in [5.74, 6) is 0. The Kier molecular flexibility index (Phi) is 5.35. The molecule has 0 aromatic heterocycles. The smallest absolute Gasteiger partial charge is 0.0593 e. The van der Waals surface area contributed by atoms with Crippen LogP contribution in [0.3, 0.4) is 0 Å². The Hall–Kier alpha value is -0.120. The summed E-state index contributed by atoms with van der Waals surface area (Å²) in [5.41, 5.74) is 0. The third-order valence-corrected chi connectivity index (χ3v) is 2.47. The summed E-state index contributed by atoms with van der Waals surface area (Å²) in [6.45, 7) is 3.73. The number of ether oxygens (including phenoxy) is 1. The molecule has 0 aliphatic heterocycles. The third-order valence-electron chi connectivity index (χ3n) is 2.47. The van der Waals surface area contributed by atoms with Gasteiger partial charge < -0.3 is 15.0 Å². The van der Waals surface area contributed by atoms with Crippen LogP contribution in [-0.2, 0) is 4.74 Å². The van der Waals surface area contributed by atoms with E-state index in [-0.39, 0.29) is 0 Å². The van der Waals surface area contributed by atoms with Crippen molar-refractivity contribution in [3.8, 4) is 0 Å². The Morgan fingerprint density at radius 2 is 2.08 bits per heavy atom. The van der Waals surface area contributed by atoms with Gasteiger partial charge in [0.1, 0.15) is 0 Å². The van der Waals surface area contributed by atoms with Crippen LogP contribution in [0, 0.1) is 0 Å². The van der Waals surface area contributed by atoms with E-state index in [2.05, 4.69) is 24.3 Å². The quantitative estimate of drug-likeness (QED) is 0.593. The van der Waals surface area contributed by atoms with Gasteiger partial charge in [0.2, 0.25) is 0 Å². The Morgan fingerprint density at radius 3 is 2.62 bits per heavy atom. The molecule has 0 aromatic carbocycles. The molecule has 78 valence electrons. The van der Waals surface area contributed by atoms with Gasteiger partial charge >= 0.3 is 0 Å². The molecule has 0 saturated heterocycles. The van der Waals surface area contributed by atoms with E-state index in [4.69, 9.17) is 4.74 Å². The lowest BCUT2D eigenvalue weighted by atomic mass is 9.93. The molecule has 1 aliphatic rings. The predicted molar refractivity (Wildman–Crippen MR) is 55.0 cm³/mol. The molecule has 0 bridgehead atoms. The van der Waals surface area contributed by atoms with Crippen LogP contribution >= 0.6 is 0 Å². The molecule has 0 unspecified atom stereocenters. The summed E-state index contributed by atoms with van der Waals surface area (Å²) in [6, 6.07) is 0.789. The molecule has 0 spiro atoms. The van der Waals surface area contributed by atoms with Gasteiger partial charge in [0.25, 0.3) is 0 Å². The molecule has 0 radical (unpaired) electrons. The van der Waals surface area contributed by atoms with Crippen molar-refractivity contribution in [2.24, 2.45) is 0 Å². The van der Waals surface area contributed by atoms with E-state index < -0.39 is 0 Å². The molecule has 0 heterocycles. The van der Waals surface area contributed by atoms with Crippen LogP contribution in [0.4, 0.5) is 0 Å². The van der Waals surface area contributed by atoms with E-state index >= 15 is 0 Å². The average Bonchev–Trinajstić information content (AvgIpc) is 1.99. The Balaban J connectivity index is 1.73. The lowest BCUT2D eigenvalue weighted by Crippen LogP contribution is -2.37. The maximum atomic E-state index is 5.46. The molecule has 1 aliphatic carbocycles. The number of nitrogens with zero attached hydrogens (tertiary/aromatic N) is 1. The van der Waals surface area contributed by atoms with Crippen molar-refractivity contribution in [1.82, 2.24) is 10.2 Å². The van der Waals surface area contributed by atoms with E-state index in [0.29, 0.717) is 0 Å². The molecule has 0 aromatic rings. The van der Waals surface area contributed by atoms with Crippen LogP contribution in [0.2, 0.25) is 0 Å². The number of nitrogens with one attached hydrogen (secondary N) is 1. The third kappa shape index (κ3) is 5.24. The first-order valence-electron chi connectivity index (χ1n) is 5.25. The van der Waals surface area contributed by atoms with Gasteiger partial charge in [0, 0.05) is 19.1 Å². The number of hydrogen-bond acceptors (Lipinski definition) is 3. The predicted octanol–water partition coefficient (Wildman–Crippen LogP) is 0.707. The van der Waals surface area contributed by atoms with Crippen LogP contribution in [0.5, 0.6) is 0 Å². The second kappa shape index (κ2) is 6.35. The van der Waals surface area contributed by atoms with Crippen LogP contribution in [0.25, 0.3) is 0 Å². The largest absolute Gasteiger partial charge is 0.379 e. The van der Waals surface area contributed by atoms with E-state index in [1.54, 1.807) is 0 Å². The zero-order valence-corrected chi connectivity index (χ0v) is 8.88. The van der Waals surface area contributed by atoms with Gasteiger partial charge in [0.15, 0.2) is 0 Å². The Bertz CT molecular complexity index is 124. The molecule has 0 atom stereocenters. The molecule has 13 heavy (non-hydrogen) atoms. The maximum absolute atomic E-state index is 5.46. The van der Waals surface area contributed by atoms with Gasteiger partial charge in [-0.15, -0.1) is 0 Å². The highest BCUT2D eigenvalue weighted by Gasteiger charge is 2.15. The first kappa shape index (κ1) is 11.0. The molecule has 1 saturated carbocycles. The zero-order chi connectivity index (χ0) is 9.52. The van der Waals surface area contributed by atoms with Crippen LogP contribution in [0.15, 0.2) is 0 Å². The van der Waals surface area contributed by atoms with Gasteiger partial charge in [-0.3, -0.25) is 0 Å². The highest BCUT2D eigenvalue weighted by Crippen LogP contribution is 2.17. The molecule has 3 nitrogen and oxygen atoms in total. The van der Waals surface area contributed by atoms with E-state index in [0.717, 1.165) is 32.3 Å². The van der Waals surface area contributed by atoms with Gasteiger partial charge in [-0.2, -0.15) is 0 Å². The Labute approximate surface area is 81.4 Å². The fourth-order valence-corrected chi connectivity index (χ4v) is 1.30. The van der Waals surface area contributed by atoms with E-state index in [9.17, 15) is 0 Å². The maximum Gasteiger partial charge on any atom is 0.0593 e. The minimum atomic E-state index is 0.789. The Morgan fingerprint density at radius 1 is 1.31 bits per heavy atom. The lowest BCUT2D eigenvalue weighted by Gasteiger charge is -2.26. The molecule has 1 N–H and O–H groups in total. The minimum absolute atomic E-state index is 0.789. The fourth-order valence-electron chi connectivity index (χ4n) is 1.30. The number of hydrogen-bond donors (Lipinski definition) is 1. The zero-order valence-electron chi connectivity index (χ0n) is 8.88. The van der Waals surface area contributed by atoms with Crippen molar-refractivity contribution in [3.63, 3.8) is 0 Å². The van der Waals surface area contributed by atoms with E-state index in [1.807, 2.05) is 0 Å². The summed E-state index contributed by atoms with van der Waals surface area (Å²) in [6.07, 6.45) is 4.12. The molecule has 1 rings (SSSR count). The first-order chi connectivity index (χ1) is 6.29. The minimum Gasteiger partial charge on any atom is -0.379 e. The second-order valence-corrected chi connectivity index (χ2v) is 4.00.